The molecule has 5 nitrogen and oxygen atoms in total. The summed E-state index contributed by atoms with van der Waals surface area (Å²) in [6.45, 7) is 4.21. The zero-order chi connectivity index (χ0) is 23.5. The number of amides is 1. The number of anilines is 2. The molecule has 0 aliphatic carbocycles. The maximum Gasteiger partial charge on any atom is 0.234 e. The number of benzene rings is 3. The molecule has 0 radical (unpaired) electrons. The van der Waals surface area contributed by atoms with Crippen LogP contribution < -0.4 is 10.2 Å². The fourth-order valence-corrected chi connectivity index (χ4v) is 5.06. The molecule has 1 amide bonds. The Bertz CT molecular complexity index is 1340. The van der Waals surface area contributed by atoms with Gasteiger partial charge >= 0.3 is 0 Å². The van der Waals surface area contributed by atoms with Crippen molar-refractivity contribution in [3.63, 3.8) is 0 Å². The van der Waals surface area contributed by atoms with Crippen LogP contribution in [0.5, 0.6) is 0 Å². The Kier molecular flexibility index (Phi) is 6.45. The first-order valence-electron chi connectivity index (χ1n) is 11.4. The Hall–Kier alpha value is -3.45. The molecule has 0 atom stereocenters. The molecule has 7 heteroatoms. The summed E-state index contributed by atoms with van der Waals surface area (Å²) in [4.78, 5) is 15.1. The van der Waals surface area contributed by atoms with Gasteiger partial charge in [0.15, 0.2) is 0 Å². The quantitative estimate of drug-likeness (QED) is 0.345. The summed E-state index contributed by atoms with van der Waals surface area (Å²) < 4.78 is 13.3. The smallest absolute Gasteiger partial charge is 0.234 e. The van der Waals surface area contributed by atoms with E-state index in [9.17, 15) is 9.18 Å². The monoisotopic (exact) mass is 472 g/mol. The lowest BCUT2D eigenvalue weighted by Gasteiger charge is -2.19. The minimum Gasteiger partial charge on any atom is -0.372 e. The van der Waals surface area contributed by atoms with Gasteiger partial charge in [0, 0.05) is 40.8 Å². The summed E-state index contributed by atoms with van der Waals surface area (Å²) in [5.41, 5.74) is 4.59. The number of hydrogen-bond donors (Lipinski definition) is 1. The predicted octanol–water partition coefficient (Wildman–Crippen LogP) is 6.08. The van der Waals surface area contributed by atoms with Crippen molar-refractivity contribution in [3.05, 3.63) is 78.1 Å². The Morgan fingerprint density at radius 2 is 1.74 bits per heavy atom. The molecule has 0 saturated carbocycles. The molecular weight excluding hydrogens is 447 g/mol. The normalized spacial score (nSPS) is 13.4. The van der Waals surface area contributed by atoms with Crippen LogP contribution in [0.3, 0.4) is 0 Å². The molecule has 1 saturated heterocycles. The van der Waals surface area contributed by atoms with Crippen LogP contribution in [0.25, 0.3) is 22.0 Å². The number of halogens is 1. The minimum absolute atomic E-state index is 0.0875. The highest BCUT2D eigenvalue weighted by atomic mass is 32.2. The maximum atomic E-state index is 13.3. The molecule has 34 heavy (non-hydrogen) atoms. The number of aromatic nitrogens is 2. The second kappa shape index (κ2) is 9.81. The van der Waals surface area contributed by atoms with Crippen LogP contribution in [0.2, 0.25) is 0 Å². The van der Waals surface area contributed by atoms with Crippen LogP contribution in [0.1, 0.15) is 18.4 Å². The van der Waals surface area contributed by atoms with Crippen LogP contribution >= 0.6 is 11.8 Å². The van der Waals surface area contributed by atoms with Crippen molar-refractivity contribution >= 4 is 39.8 Å². The fourth-order valence-electron chi connectivity index (χ4n) is 4.29. The topological polar surface area (TPSA) is 58.1 Å². The first-order chi connectivity index (χ1) is 16.6. The number of carbonyl (C=O) groups excluding carboxylic acids is 1. The van der Waals surface area contributed by atoms with Gasteiger partial charge in [-0.15, -0.1) is 10.2 Å². The Morgan fingerprint density at radius 1 is 1.00 bits per heavy atom. The Morgan fingerprint density at radius 3 is 2.47 bits per heavy atom. The maximum absolute atomic E-state index is 13.3. The van der Waals surface area contributed by atoms with Crippen molar-refractivity contribution in [2.24, 2.45) is 0 Å². The molecule has 1 aliphatic heterocycles. The molecule has 3 aromatic carbocycles. The lowest BCUT2D eigenvalue weighted by Crippen LogP contribution is -2.18. The van der Waals surface area contributed by atoms with Crippen molar-refractivity contribution < 1.29 is 9.18 Å². The lowest BCUT2D eigenvalue weighted by atomic mass is 10.1. The number of carbonyl (C=O) groups is 1. The number of nitrogens with one attached hydrogen (secondary N) is 1. The van der Waals surface area contributed by atoms with E-state index in [1.807, 2.05) is 37.3 Å². The average Bonchev–Trinajstić information content (AvgIpc) is 3.39. The molecule has 1 aromatic heterocycles. The molecule has 0 unspecified atom stereocenters. The highest BCUT2D eigenvalue weighted by Gasteiger charge is 2.15. The van der Waals surface area contributed by atoms with Crippen molar-refractivity contribution in [1.29, 1.82) is 0 Å². The third-order valence-corrected chi connectivity index (χ3v) is 7.05. The van der Waals surface area contributed by atoms with Crippen molar-refractivity contribution in [1.82, 2.24) is 10.2 Å². The average molecular weight is 473 g/mol. The highest BCUT2D eigenvalue weighted by Crippen LogP contribution is 2.32. The van der Waals surface area contributed by atoms with Gasteiger partial charge in [-0.1, -0.05) is 36.0 Å². The third kappa shape index (κ3) is 4.75. The van der Waals surface area contributed by atoms with E-state index in [2.05, 4.69) is 32.5 Å². The Labute approximate surface area is 202 Å². The fraction of sp³-hybridized carbons (Fsp3) is 0.222. The van der Waals surface area contributed by atoms with Crippen LogP contribution in [0, 0.1) is 12.7 Å². The third-order valence-electron chi connectivity index (χ3n) is 6.07. The first-order valence-corrected chi connectivity index (χ1v) is 12.4. The van der Waals surface area contributed by atoms with E-state index >= 15 is 0 Å². The van der Waals surface area contributed by atoms with Crippen LogP contribution in [-0.2, 0) is 4.79 Å². The molecule has 0 bridgehead atoms. The van der Waals surface area contributed by atoms with Gasteiger partial charge < -0.3 is 10.2 Å². The van der Waals surface area contributed by atoms with Gasteiger partial charge in [-0.2, -0.15) is 0 Å². The number of thioether (sulfide) groups is 1. The van der Waals surface area contributed by atoms with Gasteiger partial charge in [-0.05, 0) is 67.8 Å². The summed E-state index contributed by atoms with van der Waals surface area (Å²) in [6, 6.07) is 20.2. The van der Waals surface area contributed by atoms with Crippen molar-refractivity contribution in [2.75, 3.05) is 29.1 Å². The van der Waals surface area contributed by atoms with Gasteiger partial charge in [0.2, 0.25) is 5.91 Å². The lowest BCUT2D eigenvalue weighted by molar-refractivity contribution is -0.113. The number of hydrogen-bond acceptors (Lipinski definition) is 5. The van der Waals surface area contributed by atoms with Crippen LogP contribution in [-0.4, -0.2) is 34.9 Å². The molecular formula is C27H25FN4OS. The van der Waals surface area contributed by atoms with Gasteiger partial charge in [0.1, 0.15) is 16.5 Å². The number of nitrogens with zero attached hydrogens (tertiary/aromatic N) is 3. The molecule has 172 valence electrons. The first kappa shape index (κ1) is 22.3. The summed E-state index contributed by atoms with van der Waals surface area (Å²) >= 11 is 1.36. The van der Waals surface area contributed by atoms with E-state index < -0.39 is 0 Å². The zero-order valence-corrected chi connectivity index (χ0v) is 19.7. The van der Waals surface area contributed by atoms with Crippen molar-refractivity contribution in [3.8, 4) is 11.3 Å². The summed E-state index contributed by atoms with van der Waals surface area (Å²) in [7, 11) is 0. The molecule has 1 N–H and O–H groups in total. The van der Waals surface area contributed by atoms with E-state index in [1.165, 1.54) is 42.4 Å². The highest BCUT2D eigenvalue weighted by molar-refractivity contribution is 8.00. The molecule has 0 spiro atoms. The molecule has 1 aliphatic rings. The molecule has 4 aromatic rings. The second-order valence-electron chi connectivity index (χ2n) is 8.44. The van der Waals surface area contributed by atoms with Gasteiger partial charge in [0.05, 0.1) is 5.75 Å². The number of aryl methyl sites for hydroxylation is 1. The zero-order valence-electron chi connectivity index (χ0n) is 18.9. The minimum atomic E-state index is -0.292. The van der Waals surface area contributed by atoms with Crippen molar-refractivity contribution in [2.45, 2.75) is 24.8 Å². The van der Waals surface area contributed by atoms with Gasteiger partial charge in [-0.3, -0.25) is 4.79 Å². The summed E-state index contributed by atoms with van der Waals surface area (Å²) in [6.07, 6.45) is 2.47. The van der Waals surface area contributed by atoms with Gasteiger partial charge in [-0.25, -0.2) is 4.39 Å². The van der Waals surface area contributed by atoms with E-state index in [-0.39, 0.29) is 17.5 Å². The largest absolute Gasteiger partial charge is 0.372 e. The van der Waals surface area contributed by atoms with Gasteiger partial charge in [0.25, 0.3) is 0 Å². The SMILES string of the molecule is Cc1cc(N2CCCC2)ccc1NC(=O)CSc1nnc(-c2ccc(F)cc2)c2ccccc12. The predicted molar refractivity (Wildman–Crippen MR) is 137 cm³/mol. The molecule has 5 rings (SSSR count). The van der Waals surface area contributed by atoms with Crippen LogP contribution in [0.15, 0.2) is 71.8 Å². The Balaban J connectivity index is 1.30. The standard InChI is InChI=1S/C27H25FN4OS/c1-18-16-21(32-14-4-5-15-32)12-13-24(18)29-25(33)17-34-27-23-7-3-2-6-22(23)26(30-31-27)19-8-10-20(28)11-9-19/h2-3,6-13,16H,4-5,14-15,17H2,1H3,(H,29,33). The van der Waals surface area contributed by atoms with E-state index in [0.29, 0.717) is 10.7 Å². The number of fused-ring (bicyclic) bond motifs is 1. The molecule has 2 heterocycles. The van der Waals surface area contributed by atoms with E-state index in [0.717, 1.165) is 40.7 Å². The molecule has 1 fully saturated rings. The van der Waals surface area contributed by atoms with Crippen LogP contribution in [0.4, 0.5) is 15.8 Å². The number of rotatable bonds is 6. The van der Waals surface area contributed by atoms with E-state index in [1.54, 1.807) is 12.1 Å². The summed E-state index contributed by atoms with van der Waals surface area (Å²) in [5.74, 6) is -0.155. The second-order valence-corrected chi connectivity index (χ2v) is 9.40. The van der Waals surface area contributed by atoms with E-state index in [4.69, 9.17) is 0 Å². The summed E-state index contributed by atoms with van der Waals surface area (Å²) in [5, 5.41) is 14.3.